The van der Waals surface area contributed by atoms with E-state index in [1.54, 1.807) is 19.1 Å². The molecule has 2 rings (SSSR count). The van der Waals surface area contributed by atoms with Crippen molar-refractivity contribution in [2.75, 3.05) is 6.54 Å². The van der Waals surface area contributed by atoms with Crippen molar-refractivity contribution in [1.82, 2.24) is 4.72 Å². The number of aryl methyl sites for hydroxylation is 1. The Morgan fingerprint density at radius 3 is 2.76 bits per heavy atom. The number of nitrogens with one attached hydrogen (secondary N) is 1. The first-order valence-corrected chi connectivity index (χ1v) is 8.72. The zero-order chi connectivity index (χ0) is 15.5. The molecule has 0 spiro atoms. The number of rotatable bonds is 3. The Balaban J connectivity index is 2.26. The second kappa shape index (κ2) is 6.61. The van der Waals surface area contributed by atoms with Crippen LogP contribution in [0.2, 0.25) is 0 Å². The van der Waals surface area contributed by atoms with Crippen LogP contribution < -0.4 is 10.5 Å². The smallest absolute Gasteiger partial charge is 0.241 e. The molecule has 0 bridgehead atoms. The summed E-state index contributed by atoms with van der Waals surface area (Å²) in [4.78, 5) is 0.311. The fourth-order valence-electron chi connectivity index (χ4n) is 2.72. The molecule has 0 heterocycles. The lowest BCUT2D eigenvalue weighted by atomic mass is 10.1. The molecule has 0 saturated heterocycles. The molecule has 21 heavy (non-hydrogen) atoms. The van der Waals surface area contributed by atoms with E-state index < -0.39 is 10.0 Å². The predicted molar refractivity (Wildman–Crippen MR) is 84.2 cm³/mol. The Bertz CT molecular complexity index is 671. The average molecular weight is 306 g/mol. The van der Waals surface area contributed by atoms with Crippen molar-refractivity contribution in [1.29, 1.82) is 0 Å². The van der Waals surface area contributed by atoms with Crippen LogP contribution in [0.4, 0.5) is 0 Å². The van der Waals surface area contributed by atoms with Gasteiger partial charge in [0.1, 0.15) is 0 Å². The Morgan fingerprint density at radius 2 is 2.14 bits per heavy atom. The standard InChI is InChI=1S/C16H22N2O2S/c1-12-5-8-15(10-12)18-21(19,20)16-11-14(4-3-9-17)7-6-13(16)2/h6-7,11-12,15,18H,5,8-10,17H2,1-2H3. The van der Waals surface area contributed by atoms with Crippen molar-refractivity contribution in [3.63, 3.8) is 0 Å². The zero-order valence-electron chi connectivity index (χ0n) is 12.5. The summed E-state index contributed by atoms with van der Waals surface area (Å²) in [6.45, 7) is 4.21. The van der Waals surface area contributed by atoms with E-state index >= 15 is 0 Å². The molecule has 0 amide bonds. The van der Waals surface area contributed by atoms with Gasteiger partial charge in [-0.3, -0.25) is 0 Å². The van der Waals surface area contributed by atoms with Crippen LogP contribution in [0.3, 0.4) is 0 Å². The average Bonchev–Trinajstić information content (AvgIpc) is 2.82. The molecule has 2 unspecified atom stereocenters. The van der Waals surface area contributed by atoms with Gasteiger partial charge in [-0.25, -0.2) is 13.1 Å². The fourth-order valence-corrected chi connectivity index (χ4v) is 4.27. The first kappa shape index (κ1) is 16.0. The van der Waals surface area contributed by atoms with E-state index in [1.165, 1.54) is 0 Å². The van der Waals surface area contributed by atoms with E-state index in [0.29, 0.717) is 16.4 Å². The van der Waals surface area contributed by atoms with Gasteiger partial charge in [0.2, 0.25) is 10.0 Å². The summed E-state index contributed by atoms with van der Waals surface area (Å²) >= 11 is 0. The molecule has 1 aliphatic carbocycles. The summed E-state index contributed by atoms with van der Waals surface area (Å²) in [6, 6.07) is 5.27. The minimum Gasteiger partial charge on any atom is -0.320 e. The topological polar surface area (TPSA) is 72.2 Å². The van der Waals surface area contributed by atoms with Gasteiger partial charge < -0.3 is 5.73 Å². The summed E-state index contributed by atoms with van der Waals surface area (Å²) < 4.78 is 27.9. The Hall–Kier alpha value is -1.35. The normalized spacial score (nSPS) is 21.9. The van der Waals surface area contributed by atoms with Crippen molar-refractivity contribution in [2.24, 2.45) is 11.7 Å². The highest BCUT2D eigenvalue weighted by Crippen LogP contribution is 2.26. The molecule has 5 heteroatoms. The van der Waals surface area contributed by atoms with Crippen molar-refractivity contribution in [2.45, 2.75) is 44.0 Å². The lowest BCUT2D eigenvalue weighted by Crippen LogP contribution is -2.33. The van der Waals surface area contributed by atoms with Crippen LogP contribution in [-0.2, 0) is 10.0 Å². The number of benzene rings is 1. The first-order chi connectivity index (χ1) is 9.92. The van der Waals surface area contributed by atoms with E-state index in [0.717, 1.165) is 24.8 Å². The fraction of sp³-hybridized carbons (Fsp3) is 0.500. The maximum atomic E-state index is 12.6. The largest absolute Gasteiger partial charge is 0.320 e. The molecule has 3 N–H and O–H groups in total. The van der Waals surface area contributed by atoms with Crippen molar-refractivity contribution >= 4 is 10.0 Å². The molecule has 4 nitrogen and oxygen atoms in total. The van der Waals surface area contributed by atoms with Crippen LogP contribution in [0.1, 0.15) is 37.3 Å². The number of hydrogen-bond acceptors (Lipinski definition) is 3. The van der Waals surface area contributed by atoms with Gasteiger partial charge in [-0.15, -0.1) is 0 Å². The monoisotopic (exact) mass is 306 g/mol. The molecule has 0 aromatic heterocycles. The molecule has 2 atom stereocenters. The van der Waals surface area contributed by atoms with Crippen LogP contribution in [-0.4, -0.2) is 21.0 Å². The van der Waals surface area contributed by atoms with Gasteiger partial charge >= 0.3 is 0 Å². The lowest BCUT2D eigenvalue weighted by molar-refractivity contribution is 0.538. The van der Waals surface area contributed by atoms with E-state index in [2.05, 4.69) is 23.5 Å². The maximum Gasteiger partial charge on any atom is 0.241 e. The number of nitrogens with two attached hydrogens (primary N) is 1. The van der Waals surface area contributed by atoms with Crippen LogP contribution in [0.15, 0.2) is 23.1 Å². The molecule has 114 valence electrons. The third-order valence-corrected chi connectivity index (χ3v) is 5.49. The SMILES string of the molecule is Cc1ccc(C#CCN)cc1S(=O)(=O)NC1CCC(C)C1. The van der Waals surface area contributed by atoms with Crippen LogP contribution in [0.5, 0.6) is 0 Å². The van der Waals surface area contributed by atoms with E-state index in [4.69, 9.17) is 5.73 Å². The van der Waals surface area contributed by atoms with Crippen molar-refractivity contribution in [3.8, 4) is 11.8 Å². The third-order valence-electron chi connectivity index (χ3n) is 3.83. The van der Waals surface area contributed by atoms with Gasteiger partial charge in [0, 0.05) is 11.6 Å². The van der Waals surface area contributed by atoms with Gasteiger partial charge in [-0.1, -0.05) is 24.8 Å². The minimum absolute atomic E-state index is 0.0446. The molecular formula is C16H22N2O2S. The van der Waals surface area contributed by atoms with Crippen molar-refractivity contribution < 1.29 is 8.42 Å². The Labute approximate surface area is 127 Å². The van der Waals surface area contributed by atoms with Gasteiger partial charge in [0.25, 0.3) is 0 Å². The van der Waals surface area contributed by atoms with Gasteiger partial charge in [-0.05, 0) is 49.8 Å². The summed E-state index contributed by atoms with van der Waals surface area (Å²) in [5, 5.41) is 0. The highest BCUT2D eigenvalue weighted by atomic mass is 32.2. The van der Waals surface area contributed by atoms with E-state index in [-0.39, 0.29) is 12.6 Å². The van der Waals surface area contributed by atoms with Gasteiger partial charge in [0.15, 0.2) is 0 Å². The summed E-state index contributed by atoms with van der Waals surface area (Å²) in [5.74, 6) is 6.21. The first-order valence-electron chi connectivity index (χ1n) is 7.24. The second-order valence-corrected chi connectivity index (χ2v) is 7.41. The number of sulfonamides is 1. The Morgan fingerprint density at radius 1 is 1.38 bits per heavy atom. The second-order valence-electron chi connectivity index (χ2n) is 5.72. The molecule has 1 saturated carbocycles. The quantitative estimate of drug-likeness (QED) is 0.836. The summed E-state index contributed by atoms with van der Waals surface area (Å²) in [5.41, 5.74) is 6.75. The van der Waals surface area contributed by atoms with E-state index in [1.807, 2.05) is 6.07 Å². The highest BCUT2D eigenvalue weighted by Gasteiger charge is 2.27. The van der Waals surface area contributed by atoms with Crippen LogP contribution >= 0.6 is 0 Å². The zero-order valence-corrected chi connectivity index (χ0v) is 13.3. The lowest BCUT2D eigenvalue weighted by Gasteiger charge is -2.14. The summed E-state index contributed by atoms with van der Waals surface area (Å²) in [7, 11) is -3.49. The molecule has 1 aliphatic rings. The molecule has 1 aromatic rings. The molecule has 0 radical (unpaired) electrons. The predicted octanol–water partition coefficient (Wildman–Crippen LogP) is 1.77. The third kappa shape index (κ3) is 4.07. The number of hydrogen-bond donors (Lipinski definition) is 2. The van der Waals surface area contributed by atoms with Gasteiger partial charge in [0.05, 0.1) is 11.4 Å². The molecule has 1 aromatic carbocycles. The molecular weight excluding hydrogens is 284 g/mol. The van der Waals surface area contributed by atoms with Gasteiger partial charge in [-0.2, -0.15) is 0 Å². The molecule has 0 aliphatic heterocycles. The highest BCUT2D eigenvalue weighted by molar-refractivity contribution is 7.89. The van der Waals surface area contributed by atoms with Crippen LogP contribution in [0, 0.1) is 24.7 Å². The maximum absolute atomic E-state index is 12.6. The van der Waals surface area contributed by atoms with Crippen molar-refractivity contribution in [3.05, 3.63) is 29.3 Å². The van der Waals surface area contributed by atoms with E-state index in [9.17, 15) is 8.42 Å². The minimum atomic E-state index is -3.49. The molecule has 1 fully saturated rings. The van der Waals surface area contributed by atoms with Crippen LogP contribution in [0.25, 0.3) is 0 Å². The summed E-state index contributed by atoms with van der Waals surface area (Å²) in [6.07, 6.45) is 2.89. The Kier molecular flexibility index (Phi) is 5.04.